The molecule has 2 aromatic carbocycles. The molecule has 2 amide bonds. The van der Waals surface area contributed by atoms with Crippen molar-refractivity contribution in [1.29, 1.82) is 0 Å². The quantitative estimate of drug-likeness (QED) is 0.342. The molecule has 10 heteroatoms. The minimum Gasteiger partial charge on any atom is -0.450 e. The number of ether oxygens (including phenoxy) is 2. The number of Topliss-reactive ketones (excluding diaryl/α,β-unsaturated/α-hetero) is 1. The Morgan fingerprint density at radius 1 is 1.14 bits per heavy atom. The second-order valence-electron chi connectivity index (χ2n) is 8.77. The van der Waals surface area contributed by atoms with E-state index in [0.29, 0.717) is 23.6 Å². The molecule has 3 unspecified atom stereocenters. The van der Waals surface area contributed by atoms with E-state index in [1.165, 1.54) is 0 Å². The summed E-state index contributed by atoms with van der Waals surface area (Å²) in [5.74, 6) is 0.654. The number of ketones is 1. The van der Waals surface area contributed by atoms with Crippen molar-refractivity contribution in [1.82, 2.24) is 15.5 Å². The minimum absolute atomic E-state index is 0.0418. The average molecular weight is 527 g/mol. The first-order chi connectivity index (χ1) is 17.9. The highest BCUT2D eigenvalue weighted by Crippen LogP contribution is 2.17. The third-order valence-corrected chi connectivity index (χ3v) is 6.61. The van der Waals surface area contributed by atoms with Gasteiger partial charge in [-0.05, 0) is 26.6 Å². The summed E-state index contributed by atoms with van der Waals surface area (Å²) in [5.41, 5.74) is 1.75. The molecule has 0 aliphatic carbocycles. The molecule has 2 aromatic rings. The maximum absolute atomic E-state index is 13.5. The van der Waals surface area contributed by atoms with E-state index in [9.17, 15) is 14.4 Å². The third-order valence-electron chi connectivity index (χ3n) is 5.52. The zero-order valence-electron chi connectivity index (χ0n) is 21.4. The Kier molecular flexibility index (Phi) is 11.1. The maximum atomic E-state index is 13.5. The molecule has 1 aliphatic heterocycles. The van der Waals surface area contributed by atoms with Crippen LogP contribution in [0, 0.1) is 0 Å². The number of nitrogens with one attached hydrogen (secondary N) is 2. The lowest BCUT2D eigenvalue weighted by Gasteiger charge is -2.23. The van der Waals surface area contributed by atoms with Crippen LogP contribution in [0.25, 0.3) is 0 Å². The molecular weight excluding hydrogens is 492 g/mol. The molecule has 0 aromatic heterocycles. The smallest absolute Gasteiger partial charge is 0.412 e. The van der Waals surface area contributed by atoms with Gasteiger partial charge < -0.3 is 19.7 Å². The summed E-state index contributed by atoms with van der Waals surface area (Å²) in [5, 5.41) is 5.53. The molecule has 198 valence electrons. The summed E-state index contributed by atoms with van der Waals surface area (Å²) in [6.07, 6.45) is -1.11. The lowest BCUT2D eigenvalue weighted by molar-refractivity contribution is -0.126. The molecule has 2 N–H and O–H groups in total. The number of likely N-dealkylation sites (N-methyl/N-ethyl adjacent to an activating group) is 1. The molecular formula is C27H34N4O5S. The number of amidine groups is 1. The molecule has 0 spiro atoms. The van der Waals surface area contributed by atoms with Gasteiger partial charge in [-0.25, -0.2) is 4.79 Å². The molecule has 3 rings (SSSR count). The highest BCUT2D eigenvalue weighted by molar-refractivity contribution is 7.98. The van der Waals surface area contributed by atoms with Gasteiger partial charge in [0.15, 0.2) is 5.78 Å². The van der Waals surface area contributed by atoms with Crippen molar-refractivity contribution >= 4 is 35.4 Å². The number of carbonyl (C=O) groups is 3. The SMILES string of the molecule is CCOC(=O)NC(=NC(CSCc1ccccc1)C(=O)NC1C(=O)COC1CN(C)C)c1ccccc1. The summed E-state index contributed by atoms with van der Waals surface area (Å²) in [6, 6.07) is 17.3. The number of thioether (sulfide) groups is 1. The van der Waals surface area contributed by atoms with Crippen molar-refractivity contribution in [3.63, 3.8) is 0 Å². The van der Waals surface area contributed by atoms with Crippen LogP contribution in [0.15, 0.2) is 65.7 Å². The van der Waals surface area contributed by atoms with Crippen molar-refractivity contribution in [2.24, 2.45) is 4.99 Å². The lowest BCUT2D eigenvalue weighted by Crippen LogP contribution is -2.51. The van der Waals surface area contributed by atoms with Gasteiger partial charge in [0.25, 0.3) is 0 Å². The molecule has 1 aliphatic rings. The van der Waals surface area contributed by atoms with Gasteiger partial charge in [-0.1, -0.05) is 60.7 Å². The lowest BCUT2D eigenvalue weighted by atomic mass is 10.1. The number of alkyl carbamates (subject to hydrolysis) is 1. The molecule has 0 bridgehead atoms. The van der Waals surface area contributed by atoms with E-state index in [0.717, 1.165) is 5.56 Å². The van der Waals surface area contributed by atoms with Gasteiger partial charge in [0, 0.05) is 23.6 Å². The summed E-state index contributed by atoms with van der Waals surface area (Å²) in [4.78, 5) is 44.8. The first-order valence-corrected chi connectivity index (χ1v) is 13.3. The molecule has 37 heavy (non-hydrogen) atoms. The van der Waals surface area contributed by atoms with Crippen molar-refractivity contribution in [2.45, 2.75) is 30.9 Å². The summed E-state index contributed by atoms with van der Waals surface area (Å²) >= 11 is 1.54. The molecule has 3 atom stereocenters. The van der Waals surface area contributed by atoms with Gasteiger partial charge in [-0.3, -0.25) is 19.9 Å². The van der Waals surface area contributed by atoms with Crippen LogP contribution in [0.2, 0.25) is 0 Å². The Labute approximate surface area is 222 Å². The Hall–Kier alpha value is -3.21. The van der Waals surface area contributed by atoms with E-state index in [1.54, 1.807) is 30.8 Å². The number of hydrogen-bond acceptors (Lipinski definition) is 8. The zero-order valence-corrected chi connectivity index (χ0v) is 22.2. The standard InChI is InChI=1S/C27H34N4O5S/c1-4-35-27(34)30-25(20-13-9-6-10-14-20)28-21(18-37-17-19-11-7-5-8-12-19)26(33)29-24-22(32)16-36-23(24)15-31(2)3/h5-14,21,23-24H,4,15-18H2,1-3H3,(H,29,33)(H,28,30,34). The van der Waals surface area contributed by atoms with Gasteiger partial charge in [0.05, 0.1) is 12.7 Å². The average Bonchev–Trinajstić information content (AvgIpc) is 3.22. The van der Waals surface area contributed by atoms with Crippen molar-refractivity contribution in [2.75, 3.05) is 39.6 Å². The fraction of sp³-hybridized carbons (Fsp3) is 0.407. The zero-order chi connectivity index (χ0) is 26.6. The first kappa shape index (κ1) is 28.4. The van der Waals surface area contributed by atoms with Gasteiger partial charge in [-0.2, -0.15) is 11.8 Å². The Bertz CT molecular complexity index is 1060. The molecule has 0 saturated carbocycles. The predicted octanol–water partition coefficient (Wildman–Crippen LogP) is 2.50. The van der Waals surface area contributed by atoms with E-state index in [1.807, 2.05) is 67.5 Å². The normalized spacial score (nSPS) is 18.5. The molecule has 1 fully saturated rings. The summed E-state index contributed by atoms with van der Waals surface area (Å²) < 4.78 is 10.7. The van der Waals surface area contributed by atoms with Crippen LogP contribution < -0.4 is 10.6 Å². The largest absolute Gasteiger partial charge is 0.450 e. The topological polar surface area (TPSA) is 109 Å². The number of hydrogen-bond donors (Lipinski definition) is 2. The number of rotatable bonds is 11. The van der Waals surface area contributed by atoms with Crippen molar-refractivity contribution in [3.05, 3.63) is 71.8 Å². The van der Waals surface area contributed by atoms with Gasteiger partial charge in [0.1, 0.15) is 24.5 Å². The van der Waals surface area contributed by atoms with Crippen LogP contribution >= 0.6 is 11.8 Å². The van der Waals surface area contributed by atoms with E-state index >= 15 is 0 Å². The van der Waals surface area contributed by atoms with Crippen LogP contribution in [0.4, 0.5) is 4.79 Å². The van der Waals surface area contributed by atoms with Gasteiger partial charge >= 0.3 is 6.09 Å². The Balaban J connectivity index is 1.85. The van der Waals surface area contributed by atoms with Crippen LogP contribution in [0.3, 0.4) is 0 Å². The van der Waals surface area contributed by atoms with Crippen LogP contribution in [-0.2, 0) is 24.8 Å². The fourth-order valence-corrected chi connectivity index (χ4v) is 4.75. The number of benzene rings is 2. The third kappa shape index (κ3) is 8.99. The number of nitrogens with zero attached hydrogens (tertiary/aromatic N) is 2. The monoisotopic (exact) mass is 526 g/mol. The highest BCUT2D eigenvalue weighted by Gasteiger charge is 2.38. The predicted molar refractivity (Wildman–Crippen MR) is 145 cm³/mol. The second-order valence-corrected chi connectivity index (χ2v) is 9.80. The van der Waals surface area contributed by atoms with Gasteiger partial charge in [0.2, 0.25) is 5.91 Å². The Morgan fingerprint density at radius 2 is 1.81 bits per heavy atom. The molecule has 0 radical (unpaired) electrons. The Morgan fingerprint density at radius 3 is 2.46 bits per heavy atom. The van der Waals surface area contributed by atoms with E-state index in [4.69, 9.17) is 9.47 Å². The van der Waals surface area contributed by atoms with Gasteiger partial charge in [-0.15, -0.1) is 0 Å². The molecule has 1 saturated heterocycles. The minimum atomic E-state index is -0.876. The van der Waals surface area contributed by atoms with E-state index in [-0.39, 0.29) is 24.8 Å². The fourth-order valence-electron chi connectivity index (χ4n) is 3.75. The van der Waals surface area contributed by atoms with Crippen LogP contribution in [0.1, 0.15) is 18.1 Å². The molecule has 1 heterocycles. The maximum Gasteiger partial charge on any atom is 0.412 e. The van der Waals surface area contributed by atoms with Crippen molar-refractivity contribution in [3.8, 4) is 0 Å². The number of carbonyl (C=O) groups excluding carboxylic acids is 3. The molecule has 9 nitrogen and oxygen atoms in total. The van der Waals surface area contributed by atoms with E-state index in [2.05, 4.69) is 15.6 Å². The van der Waals surface area contributed by atoms with Crippen LogP contribution in [0.5, 0.6) is 0 Å². The van der Waals surface area contributed by atoms with Crippen molar-refractivity contribution < 1.29 is 23.9 Å². The second kappa shape index (κ2) is 14.5. The summed E-state index contributed by atoms with van der Waals surface area (Å²) in [6.45, 7) is 2.36. The van der Waals surface area contributed by atoms with Crippen LogP contribution in [-0.4, -0.2) is 86.3 Å². The highest BCUT2D eigenvalue weighted by atomic mass is 32.2. The number of amides is 2. The van der Waals surface area contributed by atoms with E-state index < -0.39 is 30.2 Å². The summed E-state index contributed by atoms with van der Waals surface area (Å²) in [7, 11) is 3.76. The number of aliphatic imine (C=N–C) groups is 1. The first-order valence-electron chi connectivity index (χ1n) is 12.2.